The summed E-state index contributed by atoms with van der Waals surface area (Å²) in [6.07, 6.45) is -0.419. The highest BCUT2D eigenvalue weighted by Gasteiger charge is 2.32. The Bertz CT molecular complexity index is 457. The van der Waals surface area contributed by atoms with E-state index in [4.69, 9.17) is 0 Å². The number of benzene rings is 2. The van der Waals surface area contributed by atoms with Crippen LogP contribution in [0.4, 0.5) is 0 Å². The van der Waals surface area contributed by atoms with Crippen molar-refractivity contribution < 1.29 is 5.11 Å². The molecule has 100 valence electrons. The molecule has 19 heavy (non-hydrogen) atoms. The van der Waals surface area contributed by atoms with Gasteiger partial charge in [-0.3, -0.25) is 0 Å². The van der Waals surface area contributed by atoms with Crippen molar-refractivity contribution in [3.63, 3.8) is 0 Å². The summed E-state index contributed by atoms with van der Waals surface area (Å²) in [5, 5.41) is 10.8. The molecular weight excluding hydrogens is 232 g/mol. The van der Waals surface area contributed by atoms with E-state index >= 15 is 0 Å². The van der Waals surface area contributed by atoms with Crippen LogP contribution in [0.1, 0.15) is 37.8 Å². The third-order valence-corrected chi connectivity index (χ3v) is 3.52. The first-order valence-corrected chi connectivity index (χ1v) is 6.78. The zero-order valence-corrected chi connectivity index (χ0v) is 11.9. The van der Waals surface area contributed by atoms with Gasteiger partial charge in [0.15, 0.2) is 0 Å². The molecule has 2 aromatic rings. The van der Waals surface area contributed by atoms with Gasteiger partial charge in [-0.05, 0) is 16.5 Å². The molecule has 1 heteroatoms. The van der Waals surface area contributed by atoms with E-state index in [9.17, 15) is 5.11 Å². The van der Waals surface area contributed by atoms with E-state index in [0.717, 1.165) is 11.1 Å². The van der Waals surface area contributed by atoms with Crippen LogP contribution in [-0.2, 0) is 0 Å². The molecule has 0 saturated heterocycles. The van der Waals surface area contributed by atoms with Gasteiger partial charge in [-0.1, -0.05) is 81.4 Å². The summed E-state index contributed by atoms with van der Waals surface area (Å²) < 4.78 is 0. The number of aliphatic hydroxyl groups excluding tert-OH is 1. The summed E-state index contributed by atoms with van der Waals surface area (Å²) in [5.41, 5.74) is 2.17. The minimum absolute atomic E-state index is 0.0161. The molecule has 2 rings (SSSR count). The predicted octanol–water partition coefficient (Wildman–Crippen LogP) is 4.23. The maximum Gasteiger partial charge on any atom is 0.0697 e. The lowest BCUT2D eigenvalue weighted by Gasteiger charge is -2.33. The van der Waals surface area contributed by atoms with E-state index in [0.29, 0.717) is 0 Å². The number of aliphatic hydroxyl groups is 1. The smallest absolute Gasteiger partial charge is 0.0697 e. The molecule has 2 aromatic carbocycles. The van der Waals surface area contributed by atoms with Crippen molar-refractivity contribution >= 4 is 0 Å². The molecule has 0 aromatic heterocycles. The van der Waals surface area contributed by atoms with Crippen molar-refractivity contribution in [2.75, 3.05) is 0 Å². The normalized spacial score (nSPS) is 13.5. The second kappa shape index (κ2) is 5.58. The number of rotatable bonds is 3. The fourth-order valence-electron chi connectivity index (χ4n) is 2.38. The van der Waals surface area contributed by atoms with E-state index in [1.54, 1.807) is 0 Å². The molecule has 0 saturated carbocycles. The highest BCUT2D eigenvalue weighted by atomic mass is 16.3. The molecule has 0 radical (unpaired) electrons. The van der Waals surface area contributed by atoms with Crippen molar-refractivity contribution in [3.05, 3.63) is 71.8 Å². The van der Waals surface area contributed by atoms with Crippen LogP contribution >= 0.6 is 0 Å². The first kappa shape index (κ1) is 13.8. The van der Waals surface area contributed by atoms with Gasteiger partial charge in [-0.15, -0.1) is 0 Å². The average molecular weight is 254 g/mol. The van der Waals surface area contributed by atoms with Gasteiger partial charge in [0.2, 0.25) is 0 Å². The Morgan fingerprint density at radius 3 is 1.42 bits per heavy atom. The number of hydrogen-bond donors (Lipinski definition) is 1. The van der Waals surface area contributed by atoms with Gasteiger partial charge in [0.25, 0.3) is 0 Å². The van der Waals surface area contributed by atoms with Gasteiger partial charge in [-0.25, -0.2) is 0 Å². The Labute approximate surface area is 115 Å². The lowest BCUT2D eigenvalue weighted by molar-refractivity contribution is 0.0490. The van der Waals surface area contributed by atoms with Gasteiger partial charge in [0, 0.05) is 5.92 Å². The van der Waals surface area contributed by atoms with E-state index in [-0.39, 0.29) is 11.3 Å². The van der Waals surface area contributed by atoms with Crippen LogP contribution in [-0.4, -0.2) is 11.2 Å². The molecule has 0 amide bonds. The Balaban J connectivity index is 2.46. The van der Waals surface area contributed by atoms with Crippen LogP contribution in [0.25, 0.3) is 0 Å². The largest absolute Gasteiger partial charge is 0.392 e. The zero-order chi connectivity index (χ0) is 13.9. The third kappa shape index (κ3) is 3.24. The van der Waals surface area contributed by atoms with Crippen LogP contribution in [0.15, 0.2) is 60.7 Å². The van der Waals surface area contributed by atoms with Gasteiger partial charge in [-0.2, -0.15) is 0 Å². The molecule has 1 N–H and O–H groups in total. The van der Waals surface area contributed by atoms with Crippen molar-refractivity contribution in [3.8, 4) is 0 Å². The quantitative estimate of drug-likeness (QED) is 0.869. The van der Waals surface area contributed by atoms with Crippen LogP contribution in [0.5, 0.6) is 0 Å². The maximum absolute atomic E-state index is 10.8. The highest BCUT2D eigenvalue weighted by Crippen LogP contribution is 2.36. The SMILES string of the molecule is CC(C)(C)C(O)C(c1ccccc1)c1ccccc1. The van der Waals surface area contributed by atoms with Crippen molar-refractivity contribution in [1.82, 2.24) is 0 Å². The van der Waals surface area contributed by atoms with E-state index in [2.05, 4.69) is 45.0 Å². The maximum atomic E-state index is 10.8. The van der Waals surface area contributed by atoms with Crippen molar-refractivity contribution in [2.45, 2.75) is 32.8 Å². The van der Waals surface area contributed by atoms with E-state index in [1.165, 1.54) is 0 Å². The van der Waals surface area contributed by atoms with Crippen LogP contribution in [0.2, 0.25) is 0 Å². The summed E-state index contributed by atoms with van der Waals surface area (Å²) in [6.45, 7) is 6.24. The second-order valence-corrected chi connectivity index (χ2v) is 6.11. The highest BCUT2D eigenvalue weighted by molar-refractivity contribution is 5.34. The standard InChI is InChI=1S/C18H22O/c1-18(2,3)17(19)16(14-10-6-4-7-11-14)15-12-8-5-9-13-15/h4-13,16-17,19H,1-3H3. The van der Waals surface area contributed by atoms with E-state index in [1.807, 2.05) is 36.4 Å². The average Bonchev–Trinajstić information content (AvgIpc) is 2.40. The zero-order valence-electron chi connectivity index (χ0n) is 11.9. The predicted molar refractivity (Wildman–Crippen MR) is 80.2 cm³/mol. The molecule has 0 bridgehead atoms. The summed E-state index contributed by atoms with van der Waals surface area (Å²) in [5.74, 6) is 0.0161. The van der Waals surface area contributed by atoms with Crippen LogP contribution in [0, 0.1) is 5.41 Å². The van der Waals surface area contributed by atoms with Crippen molar-refractivity contribution in [2.24, 2.45) is 5.41 Å². The molecule has 0 aliphatic carbocycles. The number of hydrogen-bond acceptors (Lipinski definition) is 1. The molecule has 0 aliphatic heterocycles. The van der Waals surface area contributed by atoms with Crippen molar-refractivity contribution in [1.29, 1.82) is 0 Å². The topological polar surface area (TPSA) is 20.2 Å². The minimum atomic E-state index is -0.419. The first-order valence-electron chi connectivity index (χ1n) is 6.78. The third-order valence-electron chi connectivity index (χ3n) is 3.52. The Hall–Kier alpha value is -1.60. The lowest BCUT2D eigenvalue weighted by Crippen LogP contribution is -2.33. The molecule has 0 heterocycles. The molecule has 0 fully saturated rings. The Morgan fingerprint density at radius 1 is 0.737 bits per heavy atom. The summed E-state index contributed by atoms with van der Waals surface area (Å²) in [7, 11) is 0. The second-order valence-electron chi connectivity index (χ2n) is 6.11. The van der Waals surface area contributed by atoms with Gasteiger partial charge >= 0.3 is 0 Å². The fraction of sp³-hybridized carbons (Fsp3) is 0.333. The fourth-order valence-corrected chi connectivity index (χ4v) is 2.38. The molecular formula is C18H22O. The Morgan fingerprint density at radius 2 is 1.11 bits per heavy atom. The summed E-state index contributed by atoms with van der Waals surface area (Å²) in [6, 6.07) is 20.5. The minimum Gasteiger partial charge on any atom is -0.392 e. The molecule has 0 spiro atoms. The monoisotopic (exact) mass is 254 g/mol. The molecule has 1 atom stereocenters. The van der Waals surface area contributed by atoms with E-state index < -0.39 is 6.10 Å². The Kier molecular flexibility index (Phi) is 4.06. The van der Waals surface area contributed by atoms with Crippen LogP contribution in [0.3, 0.4) is 0 Å². The summed E-state index contributed by atoms with van der Waals surface area (Å²) >= 11 is 0. The molecule has 1 unspecified atom stereocenters. The van der Waals surface area contributed by atoms with Gasteiger partial charge in [0.05, 0.1) is 6.10 Å². The first-order chi connectivity index (χ1) is 9.00. The summed E-state index contributed by atoms with van der Waals surface area (Å²) in [4.78, 5) is 0. The van der Waals surface area contributed by atoms with Gasteiger partial charge in [0.1, 0.15) is 0 Å². The lowest BCUT2D eigenvalue weighted by atomic mass is 9.75. The molecule has 1 nitrogen and oxygen atoms in total. The molecule has 0 aliphatic rings. The van der Waals surface area contributed by atoms with Gasteiger partial charge < -0.3 is 5.11 Å². The van der Waals surface area contributed by atoms with Crippen LogP contribution < -0.4 is 0 Å².